The summed E-state index contributed by atoms with van der Waals surface area (Å²) >= 11 is 0. The molecule has 2 N–H and O–H groups in total. The first-order valence-corrected chi connectivity index (χ1v) is 6.13. The third-order valence-corrected chi connectivity index (χ3v) is 2.71. The lowest BCUT2D eigenvalue weighted by atomic mass is 10.3. The van der Waals surface area contributed by atoms with Gasteiger partial charge in [-0.05, 0) is 26.2 Å². The Balaban J connectivity index is 2.43. The zero-order valence-corrected chi connectivity index (χ0v) is 11.1. The Morgan fingerprint density at radius 3 is 2.95 bits per heavy atom. The number of hydrogen-bond acceptors (Lipinski definition) is 4. The second-order valence-corrected chi connectivity index (χ2v) is 4.55. The number of nitrogens with one attached hydrogen (secondary N) is 1. The first-order valence-electron chi connectivity index (χ1n) is 6.13. The van der Waals surface area contributed by atoms with E-state index < -0.39 is 0 Å². The number of hydrogen-bond donors (Lipinski definition) is 2. The van der Waals surface area contributed by atoms with Gasteiger partial charge in [-0.1, -0.05) is 6.07 Å². The van der Waals surface area contributed by atoms with E-state index in [4.69, 9.17) is 5.11 Å². The Morgan fingerprint density at radius 2 is 2.26 bits per heavy atom. The molecule has 0 saturated heterocycles. The summed E-state index contributed by atoms with van der Waals surface area (Å²) in [5.74, 6) is -0.255. The molecule has 0 bridgehead atoms. The molecule has 0 aliphatic rings. The lowest BCUT2D eigenvalue weighted by Gasteiger charge is -2.11. The fourth-order valence-corrected chi connectivity index (χ4v) is 1.93. The van der Waals surface area contributed by atoms with Gasteiger partial charge in [-0.25, -0.2) is 4.98 Å². The van der Waals surface area contributed by atoms with Crippen LogP contribution in [0.15, 0.2) is 24.4 Å². The van der Waals surface area contributed by atoms with E-state index >= 15 is 0 Å². The molecule has 102 valence electrons. The molecule has 0 atom stereocenters. The van der Waals surface area contributed by atoms with Gasteiger partial charge in [0.25, 0.3) is 5.91 Å². The van der Waals surface area contributed by atoms with Crippen LogP contribution < -0.4 is 5.32 Å². The molecule has 2 heterocycles. The second-order valence-electron chi connectivity index (χ2n) is 4.55. The van der Waals surface area contributed by atoms with E-state index in [0.29, 0.717) is 12.2 Å². The SMILES string of the molecule is CN(C)Cc1c(C(=O)NCCO)nc2ccccn12. The maximum absolute atomic E-state index is 12.1. The van der Waals surface area contributed by atoms with E-state index in [1.54, 1.807) is 0 Å². The van der Waals surface area contributed by atoms with E-state index in [-0.39, 0.29) is 19.1 Å². The van der Waals surface area contributed by atoms with Gasteiger partial charge in [0.1, 0.15) is 5.65 Å². The van der Waals surface area contributed by atoms with Crippen LogP contribution in [0.3, 0.4) is 0 Å². The number of amides is 1. The van der Waals surface area contributed by atoms with Gasteiger partial charge in [0.15, 0.2) is 5.69 Å². The van der Waals surface area contributed by atoms with Crippen molar-refractivity contribution >= 4 is 11.6 Å². The van der Waals surface area contributed by atoms with Crippen LogP contribution >= 0.6 is 0 Å². The minimum atomic E-state index is -0.255. The molecule has 0 radical (unpaired) electrons. The number of pyridine rings is 1. The first kappa shape index (κ1) is 13.5. The standard InChI is InChI=1S/C13H18N4O2/c1-16(2)9-10-12(13(19)14-6-8-18)15-11-5-3-4-7-17(10)11/h3-5,7,18H,6,8-9H2,1-2H3,(H,14,19). The second kappa shape index (κ2) is 5.81. The van der Waals surface area contributed by atoms with Crippen LogP contribution in [-0.4, -0.2) is 52.5 Å². The smallest absolute Gasteiger partial charge is 0.271 e. The fraction of sp³-hybridized carbons (Fsp3) is 0.385. The number of aliphatic hydroxyl groups is 1. The summed E-state index contributed by atoms with van der Waals surface area (Å²) in [5.41, 5.74) is 2.00. The maximum atomic E-state index is 12.1. The minimum Gasteiger partial charge on any atom is -0.395 e. The van der Waals surface area contributed by atoms with E-state index in [1.807, 2.05) is 47.8 Å². The normalized spacial score (nSPS) is 11.2. The Morgan fingerprint density at radius 1 is 1.47 bits per heavy atom. The highest BCUT2D eigenvalue weighted by Crippen LogP contribution is 2.14. The van der Waals surface area contributed by atoms with Gasteiger partial charge < -0.3 is 19.7 Å². The summed E-state index contributed by atoms with van der Waals surface area (Å²) < 4.78 is 1.91. The maximum Gasteiger partial charge on any atom is 0.271 e. The Labute approximate surface area is 111 Å². The van der Waals surface area contributed by atoms with Crippen molar-refractivity contribution in [2.75, 3.05) is 27.2 Å². The van der Waals surface area contributed by atoms with Crippen LogP contribution in [0.2, 0.25) is 0 Å². The summed E-state index contributed by atoms with van der Waals surface area (Å²) in [6, 6.07) is 5.66. The van der Waals surface area contributed by atoms with Crippen molar-refractivity contribution in [3.63, 3.8) is 0 Å². The van der Waals surface area contributed by atoms with Crippen molar-refractivity contribution in [3.05, 3.63) is 35.8 Å². The van der Waals surface area contributed by atoms with Gasteiger partial charge in [0.2, 0.25) is 0 Å². The molecule has 0 aromatic carbocycles. The Bertz CT molecular complexity index is 577. The summed E-state index contributed by atoms with van der Waals surface area (Å²) in [6.07, 6.45) is 1.89. The summed E-state index contributed by atoms with van der Waals surface area (Å²) in [6.45, 7) is 0.767. The number of fused-ring (bicyclic) bond motifs is 1. The number of aliphatic hydroxyl groups excluding tert-OH is 1. The van der Waals surface area contributed by atoms with Gasteiger partial charge in [0, 0.05) is 19.3 Å². The highest BCUT2D eigenvalue weighted by atomic mass is 16.3. The first-order chi connectivity index (χ1) is 9.13. The lowest BCUT2D eigenvalue weighted by molar-refractivity contribution is 0.0938. The van der Waals surface area contributed by atoms with Crippen molar-refractivity contribution in [1.82, 2.24) is 19.6 Å². The molecule has 0 unspecified atom stereocenters. The zero-order chi connectivity index (χ0) is 13.8. The van der Waals surface area contributed by atoms with Crippen molar-refractivity contribution in [1.29, 1.82) is 0 Å². The lowest BCUT2D eigenvalue weighted by Crippen LogP contribution is -2.28. The molecule has 6 heteroatoms. The van der Waals surface area contributed by atoms with E-state index in [0.717, 1.165) is 11.3 Å². The van der Waals surface area contributed by atoms with Gasteiger partial charge in [-0.15, -0.1) is 0 Å². The Kier molecular flexibility index (Phi) is 4.13. The number of aromatic nitrogens is 2. The molecular formula is C13H18N4O2. The monoisotopic (exact) mass is 262 g/mol. The minimum absolute atomic E-state index is 0.0812. The van der Waals surface area contributed by atoms with Crippen LogP contribution in [0, 0.1) is 0 Å². The molecular weight excluding hydrogens is 244 g/mol. The molecule has 0 aliphatic heterocycles. The highest BCUT2D eigenvalue weighted by Gasteiger charge is 2.18. The number of rotatable bonds is 5. The number of carbonyl (C=O) groups excluding carboxylic acids is 1. The molecule has 2 aromatic heterocycles. The molecule has 2 aromatic rings. The van der Waals surface area contributed by atoms with Gasteiger partial charge in [-0.3, -0.25) is 4.79 Å². The highest BCUT2D eigenvalue weighted by molar-refractivity contribution is 5.94. The summed E-state index contributed by atoms with van der Waals surface area (Å²) in [7, 11) is 3.88. The van der Waals surface area contributed by atoms with E-state index in [1.165, 1.54) is 0 Å². The topological polar surface area (TPSA) is 69.9 Å². The van der Waals surface area contributed by atoms with Crippen LogP contribution in [0.5, 0.6) is 0 Å². The van der Waals surface area contributed by atoms with Gasteiger partial charge in [-0.2, -0.15) is 0 Å². The molecule has 0 spiro atoms. The van der Waals surface area contributed by atoms with Crippen molar-refractivity contribution in [2.45, 2.75) is 6.54 Å². The average Bonchev–Trinajstić information content (AvgIpc) is 2.74. The molecule has 1 amide bonds. The molecule has 19 heavy (non-hydrogen) atoms. The third-order valence-electron chi connectivity index (χ3n) is 2.71. The quantitative estimate of drug-likeness (QED) is 0.803. The van der Waals surface area contributed by atoms with Crippen molar-refractivity contribution in [2.24, 2.45) is 0 Å². The number of nitrogens with zero attached hydrogens (tertiary/aromatic N) is 3. The summed E-state index contributed by atoms with van der Waals surface area (Å²) in [5, 5.41) is 11.4. The predicted octanol–water partition coefficient (Wildman–Crippen LogP) is 0.118. The van der Waals surface area contributed by atoms with Crippen molar-refractivity contribution in [3.8, 4) is 0 Å². The third kappa shape index (κ3) is 2.91. The number of imidazole rings is 1. The van der Waals surface area contributed by atoms with Crippen molar-refractivity contribution < 1.29 is 9.90 Å². The van der Waals surface area contributed by atoms with Crippen LogP contribution in [0.1, 0.15) is 16.2 Å². The molecule has 0 saturated carbocycles. The summed E-state index contributed by atoms with van der Waals surface area (Å²) in [4.78, 5) is 18.4. The average molecular weight is 262 g/mol. The molecule has 0 fully saturated rings. The van der Waals surface area contributed by atoms with Gasteiger partial charge >= 0.3 is 0 Å². The Hall–Kier alpha value is -1.92. The van der Waals surface area contributed by atoms with E-state index in [2.05, 4.69) is 10.3 Å². The number of carbonyl (C=O) groups is 1. The van der Waals surface area contributed by atoms with E-state index in [9.17, 15) is 4.79 Å². The van der Waals surface area contributed by atoms with Crippen LogP contribution in [-0.2, 0) is 6.54 Å². The molecule has 0 aliphatic carbocycles. The molecule has 2 rings (SSSR count). The largest absolute Gasteiger partial charge is 0.395 e. The van der Waals surface area contributed by atoms with Crippen LogP contribution in [0.25, 0.3) is 5.65 Å². The fourth-order valence-electron chi connectivity index (χ4n) is 1.93. The predicted molar refractivity (Wildman–Crippen MR) is 72.0 cm³/mol. The molecule has 6 nitrogen and oxygen atoms in total. The zero-order valence-electron chi connectivity index (χ0n) is 11.1. The van der Waals surface area contributed by atoms with Gasteiger partial charge in [0.05, 0.1) is 12.3 Å². The van der Waals surface area contributed by atoms with Crippen LogP contribution in [0.4, 0.5) is 0 Å².